The second-order valence-corrected chi connectivity index (χ2v) is 8.14. The molecule has 0 radical (unpaired) electrons. The number of aromatic nitrogens is 8. The van der Waals surface area contributed by atoms with Gasteiger partial charge in [-0.25, -0.2) is 24.1 Å². The summed E-state index contributed by atoms with van der Waals surface area (Å²) in [4.78, 5) is 11.9. The molecule has 0 aliphatic carbocycles. The lowest BCUT2D eigenvalue weighted by molar-refractivity contribution is -0.671. The Morgan fingerprint density at radius 3 is 1.85 bits per heavy atom. The highest BCUT2D eigenvalue weighted by atomic mass is 35.5. The SMILES string of the molecule is C=Cn1ccnc1.CCC(C)n1ccnc1.CCC(CC(C)n1cc[n+](C)c1)n1ccnc1.[Cl-]. The molecule has 9 heteroatoms. The molecule has 3 unspecified atom stereocenters. The molecule has 0 aromatic carbocycles. The number of rotatable bonds is 8. The molecule has 4 aromatic rings. The molecule has 0 saturated carbocycles. The van der Waals surface area contributed by atoms with E-state index < -0.39 is 0 Å². The molecular formula is C25H39ClN8. The van der Waals surface area contributed by atoms with Crippen LogP contribution in [-0.4, -0.2) is 33.2 Å². The smallest absolute Gasteiger partial charge is 0.243 e. The first kappa shape index (κ1) is 28.9. The fourth-order valence-electron chi connectivity index (χ4n) is 3.35. The quantitative estimate of drug-likeness (QED) is 0.358. The first-order chi connectivity index (χ1) is 16.0. The summed E-state index contributed by atoms with van der Waals surface area (Å²) < 4.78 is 10.4. The lowest BCUT2D eigenvalue weighted by atomic mass is 10.1. The van der Waals surface area contributed by atoms with Crippen LogP contribution in [-0.2, 0) is 7.05 Å². The maximum absolute atomic E-state index is 4.13. The van der Waals surface area contributed by atoms with Gasteiger partial charge in [-0.3, -0.25) is 0 Å². The number of hydrogen-bond donors (Lipinski definition) is 0. The molecule has 186 valence electrons. The number of hydrogen-bond acceptors (Lipinski definition) is 3. The van der Waals surface area contributed by atoms with Gasteiger partial charge in [0.15, 0.2) is 0 Å². The molecule has 0 saturated heterocycles. The lowest BCUT2D eigenvalue weighted by Gasteiger charge is -2.19. The first-order valence-electron chi connectivity index (χ1n) is 11.6. The molecule has 8 nitrogen and oxygen atoms in total. The molecule has 34 heavy (non-hydrogen) atoms. The molecular weight excluding hydrogens is 448 g/mol. The average Bonchev–Trinajstić information content (AvgIpc) is 3.65. The predicted octanol–water partition coefficient (Wildman–Crippen LogP) is 1.95. The van der Waals surface area contributed by atoms with Crippen LogP contribution in [0.4, 0.5) is 0 Å². The van der Waals surface area contributed by atoms with Crippen molar-refractivity contribution in [3.8, 4) is 0 Å². The average molecular weight is 487 g/mol. The minimum atomic E-state index is 0. The van der Waals surface area contributed by atoms with Gasteiger partial charge in [0.05, 0.1) is 32.1 Å². The van der Waals surface area contributed by atoms with E-state index in [1.54, 1.807) is 23.3 Å². The Morgan fingerprint density at radius 1 is 0.824 bits per heavy atom. The Morgan fingerprint density at radius 2 is 1.44 bits per heavy atom. The van der Waals surface area contributed by atoms with E-state index >= 15 is 0 Å². The molecule has 3 atom stereocenters. The summed E-state index contributed by atoms with van der Waals surface area (Å²) in [5, 5.41) is 0. The van der Waals surface area contributed by atoms with E-state index in [4.69, 9.17) is 0 Å². The van der Waals surface area contributed by atoms with Crippen LogP contribution < -0.4 is 17.0 Å². The van der Waals surface area contributed by atoms with Gasteiger partial charge in [-0.05, 0) is 26.7 Å². The van der Waals surface area contributed by atoms with Gasteiger partial charge in [0.1, 0.15) is 12.4 Å². The summed E-state index contributed by atoms with van der Waals surface area (Å²) in [6.07, 6.45) is 28.1. The Bertz CT molecular complexity index is 990. The zero-order chi connectivity index (χ0) is 24.1. The van der Waals surface area contributed by atoms with Crippen molar-refractivity contribution in [2.45, 2.75) is 65.1 Å². The largest absolute Gasteiger partial charge is 1.00 e. The third-order valence-electron chi connectivity index (χ3n) is 5.69. The molecule has 0 bridgehead atoms. The molecule has 0 spiro atoms. The lowest BCUT2D eigenvalue weighted by Crippen LogP contribution is -3.00. The Kier molecular flexibility index (Phi) is 13.3. The van der Waals surface area contributed by atoms with Gasteiger partial charge in [-0.15, -0.1) is 0 Å². The fourth-order valence-corrected chi connectivity index (χ4v) is 3.35. The van der Waals surface area contributed by atoms with Gasteiger partial charge in [0.2, 0.25) is 6.33 Å². The topological polar surface area (TPSA) is 62.3 Å². The van der Waals surface area contributed by atoms with Crippen molar-refractivity contribution >= 4 is 6.20 Å². The second-order valence-electron chi connectivity index (χ2n) is 8.14. The normalized spacial score (nSPS) is 12.7. The monoisotopic (exact) mass is 486 g/mol. The van der Waals surface area contributed by atoms with Crippen molar-refractivity contribution in [3.63, 3.8) is 0 Å². The van der Waals surface area contributed by atoms with Gasteiger partial charge in [0, 0.05) is 61.9 Å². The van der Waals surface area contributed by atoms with E-state index in [1.165, 1.54) is 0 Å². The summed E-state index contributed by atoms with van der Waals surface area (Å²) in [6.45, 7) is 12.4. The number of aryl methyl sites for hydroxylation is 1. The van der Waals surface area contributed by atoms with Gasteiger partial charge in [-0.1, -0.05) is 20.4 Å². The van der Waals surface area contributed by atoms with Crippen molar-refractivity contribution in [2.24, 2.45) is 7.05 Å². The van der Waals surface area contributed by atoms with E-state index in [0.717, 1.165) is 19.3 Å². The van der Waals surface area contributed by atoms with Crippen molar-refractivity contribution in [1.29, 1.82) is 0 Å². The van der Waals surface area contributed by atoms with Crippen molar-refractivity contribution in [3.05, 3.63) is 81.5 Å². The van der Waals surface area contributed by atoms with E-state index in [1.807, 2.05) is 37.4 Å². The van der Waals surface area contributed by atoms with E-state index in [0.29, 0.717) is 18.1 Å². The van der Waals surface area contributed by atoms with Gasteiger partial charge < -0.3 is 26.1 Å². The summed E-state index contributed by atoms with van der Waals surface area (Å²) in [6, 6.07) is 1.62. The van der Waals surface area contributed by atoms with Crippen LogP contribution in [0.5, 0.6) is 0 Å². The van der Waals surface area contributed by atoms with Crippen LogP contribution in [0.3, 0.4) is 0 Å². The highest BCUT2D eigenvalue weighted by Gasteiger charge is 2.17. The Hall–Kier alpha value is -3.13. The van der Waals surface area contributed by atoms with Gasteiger partial charge in [-0.2, -0.15) is 0 Å². The molecule has 4 heterocycles. The van der Waals surface area contributed by atoms with Crippen molar-refractivity contribution in [2.75, 3.05) is 0 Å². The van der Waals surface area contributed by atoms with Crippen LogP contribution in [0.2, 0.25) is 0 Å². The summed E-state index contributed by atoms with van der Waals surface area (Å²) in [5.74, 6) is 0. The number of halogens is 1. The molecule has 0 amide bonds. The van der Waals surface area contributed by atoms with Gasteiger partial charge >= 0.3 is 0 Å². The zero-order valence-electron chi connectivity index (χ0n) is 21.0. The molecule has 0 aliphatic rings. The highest BCUT2D eigenvalue weighted by molar-refractivity contribution is 5.14. The zero-order valence-corrected chi connectivity index (χ0v) is 21.8. The van der Waals surface area contributed by atoms with E-state index in [2.05, 4.69) is 99.5 Å². The van der Waals surface area contributed by atoms with Crippen LogP contribution in [0.1, 0.15) is 65.1 Å². The molecule has 4 rings (SSSR count). The molecule has 0 aliphatic heterocycles. The fraction of sp³-hybridized carbons (Fsp3) is 0.440. The van der Waals surface area contributed by atoms with Crippen LogP contribution in [0.15, 0.2) is 81.5 Å². The summed E-state index contributed by atoms with van der Waals surface area (Å²) >= 11 is 0. The third-order valence-corrected chi connectivity index (χ3v) is 5.69. The van der Waals surface area contributed by atoms with E-state index in [9.17, 15) is 0 Å². The predicted molar refractivity (Wildman–Crippen MR) is 132 cm³/mol. The third kappa shape index (κ3) is 9.39. The highest BCUT2D eigenvalue weighted by Crippen LogP contribution is 2.23. The Labute approximate surface area is 210 Å². The van der Waals surface area contributed by atoms with Crippen molar-refractivity contribution in [1.82, 2.24) is 33.2 Å². The molecule has 0 N–H and O–H groups in total. The minimum absolute atomic E-state index is 0. The van der Waals surface area contributed by atoms with Crippen LogP contribution in [0, 0.1) is 0 Å². The standard InChI is InChI=1S/C13H21N4.C7H12N2.C5H6N2.ClH/c1-4-13(16-6-5-14-10-16)9-12(2)17-8-7-15(3)11-17;1-3-7(2)9-5-4-8-6-9;1-2-7-4-3-6-5-7;/h5-8,10-13H,4,9H2,1-3H3;4-7H,3H2,1-2H3;2-5H,1H2;1H/q+1;;;/p-1. The maximum Gasteiger partial charge on any atom is 0.243 e. The number of imidazole rings is 4. The summed E-state index contributed by atoms with van der Waals surface area (Å²) in [5.41, 5.74) is 0. The van der Waals surface area contributed by atoms with Crippen LogP contribution in [0.25, 0.3) is 6.20 Å². The van der Waals surface area contributed by atoms with Gasteiger partial charge in [0.25, 0.3) is 0 Å². The summed E-state index contributed by atoms with van der Waals surface area (Å²) in [7, 11) is 2.05. The molecule has 4 aromatic heterocycles. The van der Waals surface area contributed by atoms with E-state index in [-0.39, 0.29) is 12.4 Å². The number of nitrogens with zero attached hydrogens (tertiary/aromatic N) is 8. The minimum Gasteiger partial charge on any atom is -1.00 e. The molecule has 0 fully saturated rings. The second kappa shape index (κ2) is 15.7. The van der Waals surface area contributed by atoms with Crippen molar-refractivity contribution < 1.29 is 17.0 Å². The van der Waals surface area contributed by atoms with Crippen LogP contribution >= 0.6 is 0 Å². The first-order valence-corrected chi connectivity index (χ1v) is 11.6. The maximum atomic E-state index is 4.13. The Balaban J connectivity index is 0.000000285.